The van der Waals surface area contributed by atoms with Crippen molar-refractivity contribution in [3.8, 4) is 11.5 Å². The Morgan fingerprint density at radius 3 is 2.53 bits per heavy atom. The summed E-state index contributed by atoms with van der Waals surface area (Å²) in [6, 6.07) is 3.36. The largest absolute Gasteiger partial charge is 0.497 e. The number of hydrogen-bond donors (Lipinski definition) is 1. The van der Waals surface area contributed by atoms with Gasteiger partial charge in [0.25, 0.3) is 0 Å². The second kappa shape index (κ2) is 5.02. The van der Waals surface area contributed by atoms with Crippen LogP contribution >= 0.6 is 15.9 Å². The van der Waals surface area contributed by atoms with Gasteiger partial charge in [0.15, 0.2) is 0 Å². The van der Waals surface area contributed by atoms with E-state index < -0.39 is 5.97 Å². The van der Waals surface area contributed by atoms with Crippen LogP contribution in [-0.2, 0) is 11.2 Å². The molecule has 1 rings (SSSR count). The maximum atomic E-state index is 10.6. The zero-order chi connectivity index (χ0) is 11.4. The van der Waals surface area contributed by atoms with Gasteiger partial charge >= 0.3 is 5.97 Å². The molecule has 0 saturated carbocycles. The zero-order valence-electron chi connectivity index (χ0n) is 8.41. The first-order valence-electron chi connectivity index (χ1n) is 4.20. The molecule has 82 valence electrons. The van der Waals surface area contributed by atoms with E-state index in [-0.39, 0.29) is 6.42 Å². The van der Waals surface area contributed by atoms with Gasteiger partial charge in [-0.25, -0.2) is 0 Å². The standard InChI is InChI=1S/C10H11BrO4/c1-14-6-3-8(11)7(5-10(12)13)9(4-6)15-2/h3-4H,5H2,1-2H3,(H,12,13). The summed E-state index contributed by atoms with van der Waals surface area (Å²) in [5.41, 5.74) is 0.603. The molecule has 1 N–H and O–H groups in total. The van der Waals surface area contributed by atoms with Crippen molar-refractivity contribution in [3.63, 3.8) is 0 Å². The Kier molecular flexibility index (Phi) is 3.96. The molecule has 1 aromatic carbocycles. The average Bonchev–Trinajstić information content (AvgIpc) is 2.20. The predicted octanol–water partition coefficient (Wildman–Crippen LogP) is 2.09. The molecule has 0 aromatic heterocycles. The van der Waals surface area contributed by atoms with Crippen LogP contribution in [0.5, 0.6) is 11.5 Å². The van der Waals surface area contributed by atoms with E-state index >= 15 is 0 Å². The number of halogens is 1. The molecule has 1 aromatic rings. The highest BCUT2D eigenvalue weighted by molar-refractivity contribution is 9.10. The molecule has 5 heteroatoms. The smallest absolute Gasteiger partial charge is 0.308 e. The maximum absolute atomic E-state index is 10.6. The monoisotopic (exact) mass is 274 g/mol. The number of rotatable bonds is 4. The van der Waals surface area contributed by atoms with Crippen molar-refractivity contribution in [1.29, 1.82) is 0 Å². The molecule has 0 aliphatic heterocycles. The summed E-state index contributed by atoms with van der Waals surface area (Å²) >= 11 is 3.28. The Labute approximate surface area is 95.9 Å². The zero-order valence-corrected chi connectivity index (χ0v) is 10.00. The van der Waals surface area contributed by atoms with Gasteiger partial charge in [-0.1, -0.05) is 15.9 Å². The van der Waals surface area contributed by atoms with Crippen LogP contribution in [0.3, 0.4) is 0 Å². The fourth-order valence-electron chi connectivity index (χ4n) is 1.21. The van der Waals surface area contributed by atoms with Crippen LogP contribution in [0.2, 0.25) is 0 Å². The van der Waals surface area contributed by atoms with Gasteiger partial charge in [-0.2, -0.15) is 0 Å². The van der Waals surface area contributed by atoms with Crippen LogP contribution in [0.1, 0.15) is 5.56 Å². The van der Waals surface area contributed by atoms with Crippen LogP contribution in [0.25, 0.3) is 0 Å². The van der Waals surface area contributed by atoms with Crippen LogP contribution < -0.4 is 9.47 Å². The first kappa shape index (κ1) is 11.8. The lowest BCUT2D eigenvalue weighted by atomic mass is 10.1. The van der Waals surface area contributed by atoms with E-state index in [2.05, 4.69) is 15.9 Å². The fraction of sp³-hybridized carbons (Fsp3) is 0.300. The molecule has 0 amide bonds. The molecule has 15 heavy (non-hydrogen) atoms. The summed E-state index contributed by atoms with van der Waals surface area (Å²) in [5.74, 6) is 0.218. The Balaban J connectivity index is 3.18. The van der Waals surface area contributed by atoms with E-state index in [1.807, 2.05) is 0 Å². The summed E-state index contributed by atoms with van der Waals surface area (Å²) in [4.78, 5) is 10.6. The molecule has 4 nitrogen and oxygen atoms in total. The molecule has 0 radical (unpaired) electrons. The average molecular weight is 275 g/mol. The quantitative estimate of drug-likeness (QED) is 0.914. The molecular weight excluding hydrogens is 264 g/mol. The van der Waals surface area contributed by atoms with E-state index in [9.17, 15) is 4.79 Å². The number of carboxylic acids is 1. The molecule has 0 atom stereocenters. The lowest BCUT2D eigenvalue weighted by molar-refractivity contribution is -0.136. The van der Waals surface area contributed by atoms with Crippen molar-refractivity contribution in [2.75, 3.05) is 14.2 Å². The van der Waals surface area contributed by atoms with Gasteiger partial charge < -0.3 is 14.6 Å². The van der Waals surface area contributed by atoms with Gasteiger partial charge in [0, 0.05) is 16.1 Å². The van der Waals surface area contributed by atoms with Crippen LogP contribution in [-0.4, -0.2) is 25.3 Å². The molecule has 0 saturated heterocycles. The third-order valence-electron chi connectivity index (χ3n) is 1.91. The first-order chi connectivity index (χ1) is 7.08. The number of benzene rings is 1. The normalized spacial score (nSPS) is 9.80. The maximum Gasteiger partial charge on any atom is 0.308 e. The number of carboxylic acid groups (broad SMARTS) is 1. The second-order valence-corrected chi connectivity index (χ2v) is 3.71. The van der Waals surface area contributed by atoms with E-state index in [1.165, 1.54) is 14.2 Å². The number of methoxy groups -OCH3 is 2. The number of carbonyl (C=O) groups is 1. The fourth-order valence-corrected chi connectivity index (χ4v) is 1.77. The third-order valence-corrected chi connectivity index (χ3v) is 2.62. The topological polar surface area (TPSA) is 55.8 Å². The number of hydrogen-bond acceptors (Lipinski definition) is 3. The third kappa shape index (κ3) is 2.86. The minimum absolute atomic E-state index is 0.0895. The highest BCUT2D eigenvalue weighted by atomic mass is 79.9. The highest BCUT2D eigenvalue weighted by Gasteiger charge is 2.13. The van der Waals surface area contributed by atoms with Crippen molar-refractivity contribution in [2.24, 2.45) is 0 Å². The molecular formula is C10H11BrO4. The van der Waals surface area contributed by atoms with Gasteiger partial charge in [-0.05, 0) is 6.07 Å². The summed E-state index contributed by atoms with van der Waals surface area (Å²) in [6.07, 6.45) is -0.0895. The van der Waals surface area contributed by atoms with Gasteiger partial charge in [0.1, 0.15) is 11.5 Å². The summed E-state index contributed by atoms with van der Waals surface area (Å²) in [7, 11) is 3.03. The van der Waals surface area contributed by atoms with Crippen LogP contribution in [0.15, 0.2) is 16.6 Å². The number of aliphatic carboxylic acids is 1. The number of ether oxygens (including phenoxy) is 2. The Bertz CT molecular complexity index is 376. The minimum atomic E-state index is -0.904. The Hall–Kier alpha value is -1.23. The van der Waals surface area contributed by atoms with Crippen molar-refractivity contribution in [3.05, 3.63) is 22.2 Å². The van der Waals surface area contributed by atoms with E-state index in [4.69, 9.17) is 14.6 Å². The lowest BCUT2D eigenvalue weighted by Crippen LogP contribution is -2.03. The van der Waals surface area contributed by atoms with Crippen molar-refractivity contribution < 1.29 is 19.4 Å². The molecule has 0 unspecified atom stereocenters. The summed E-state index contributed by atoms with van der Waals surface area (Å²) in [5, 5.41) is 8.73. The Morgan fingerprint density at radius 1 is 1.40 bits per heavy atom. The lowest BCUT2D eigenvalue weighted by Gasteiger charge is -2.11. The van der Waals surface area contributed by atoms with E-state index in [0.717, 1.165) is 0 Å². The van der Waals surface area contributed by atoms with Crippen molar-refractivity contribution in [2.45, 2.75) is 6.42 Å². The van der Waals surface area contributed by atoms with Gasteiger partial charge in [-0.15, -0.1) is 0 Å². The van der Waals surface area contributed by atoms with E-state index in [0.29, 0.717) is 21.5 Å². The van der Waals surface area contributed by atoms with Crippen molar-refractivity contribution in [1.82, 2.24) is 0 Å². The van der Waals surface area contributed by atoms with Gasteiger partial charge in [0.2, 0.25) is 0 Å². The SMILES string of the molecule is COc1cc(Br)c(CC(=O)O)c(OC)c1. The first-order valence-corrected chi connectivity index (χ1v) is 5.00. The van der Waals surface area contributed by atoms with Gasteiger partial charge in [-0.3, -0.25) is 4.79 Å². The van der Waals surface area contributed by atoms with Crippen LogP contribution in [0.4, 0.5) is 0 Å². The second-order valence-electron chi connectivity index (χ2n) is 2.86. The molecule has 0 aliphatic rings. The molecule has 0 spiro atoms. The predicted molar refractivity (Wildman–Crippen MR) is 58.6 cm³/mol. The van der Waals surface area contributed by atoms with E-state index in [1.54, 1.807) is 12.1 Å². The Morgan fingerprint density at radius 2 is 2.07 bits per heavy atom. The molecule has 0 heterocycles. The summed E-state index contributed by atoms with van der Waals surface area (Å²) in [6.45, 7) is 0. The molecule has 0 aliphatic carbocycles. The van der Waals surface area contributed by atoms with Crippen molar-refractivity contribution >= 4 is 21.9 Å². The minimum Gasteiger partial charge on any atom is -0.497 e. The highest BCUT2D eigenvalue weighted by Crippen LogP contribution is 2.32. The molecule has 0 fully saturated rings. The molecule has 0 bridgehead atoms. The summed E-state index contributed by atoms with van der Waals surface area (Å²) < 4.78 is 10.8. The van der Waals surface area contributed by atoms with Gasteiger partial charge in [0.05, 0.1) is 20.6 Å². The van der Waals surface area contributed by atoms with Crippen LogP contribution in [0, 0.1) is 0 Å².